The maximum Gasteiger partial charge on any atom is 0.313 e. The topological polar surface area (TPSA) is 43.4 Å². The fraction of sp³-hybridized carbons (Fsp3) is 0.875. The lowest BCUT2D eigenvalue weighted by atomic mass is 10.1. The Hall–Kier alpha value is -0.860. The molecule has 0 amide bonds. The van der Waals surface area contributed by atoms with Crippen molar-refractivity contribution in [2.45, 2.75) is 90.9 Å². The molecule has 0 unspecified atom stereocenters. The van der Waals surface area contributed by atoms with Crippen LogP contribution in [0.25, 0.3) is 0 Å². The van der Waals surface area contributed by atoms with Gasteiger partial charge >= 0.3 is 11.9 Å². The van der Waals surface area contributed by atoms with Crippen molar-refractivity contribution in [2.24, 2.45) is 0 Å². The van der Waals surface area contributed by atoms with Gasteiger partial charge in [-0.25, -0.2) is 0 Å². The molecule has 0 aliphatic heterocycles. The summed E-state index contributed by atoms with van der Waals surface area (Å²) in [5.74, 6) is -0.705. The van der Waals surface area contributed by atoms with Crippen molar-refractivity contribution in [3.8, 4) is 0 Å². The van der Waals surface area contributed by atoms with E-state index in [2.05, 4.69) is 13.8 Å². The first kappa shape index (κ1) is 18.1. The summed E-state index contributed by atoms with van der Waals surface area (Å²) in [5, 5.41) is 0. The summed E-state index contributed by atoms with van der Waals surface area (Å²) in [6.45, 7) is 4.31. The summed E-state index contributed by atoms with van der Waals surface area (Å²) in [7, 11) is 0. The average molecular weight is 270 g/mol. The Bertz CT molecular complexity index is 236. The van der Waals surface area contributed by atoms with E-state index in [1.165, 1.54) is 25.7 Å². The second kappa shape index (κ2) is 13.6. The van der Waals surface area contributed by atoms with Crippen LogP contribution in [0, 0.1) is 0 Å². The van der Waals surface area contributed by atoms with Crippen molar-refractivity contribution in [3.05, 3.63) is 0 Å². The number of hydrogen-bond acceptors (Lipinski definition) is 3. The Labute approximate surface area is 118 Å². The van der Waals surface area contributed by atoms with Crippen molar-refractivity contribution >= 4 is 11.9 Å². The largest absolute Gasteiger partial charge is 0.393 e. The lowest BCUT2D eigenvalue weighted by Gasteiger charge is -2.03. The fourth-order valence-electron chi connectivity index (χ4n) is 1.97. The van der Waals surface area contributed by atoms with Crippen molar-refractivity contribution in [3.63, 3.8) is 0 Å². The molecule has 0 fully saturated rings. The van der Waals surface area contributed by atoms with Crippen LogP contribution in [-0.2, 0) is 14.3 Å². The Morgan fingerprint density at radius 3 is 1.47 bits per heavy atom. The van der Waals surface area contributed by atoms with Gasteiger partial charge in [-0.1, -0.05) is 65.2 Å². The van der Waals surface area contributed by atoms with Gasteiger partial charge in [0.1, 0.15) is 0 Å². The molecule has 0 aliphatic rings. The van der Waals surface area contributed by atoms with Crippen LogP contribution in [0.1, 0.15) is 90.9 Å². The summed E-state index contributed by atoms with van der Waals surface area (Å²) in [6, 6.07) is 0. The van der Waals surface area contributed by atoms with Gasteiger partial charge in [0.2, 0.25) is 0 Å². The van der Waals surface area contributed by atoms with Crippen molar-refractivity contribution in [2.75, 3.05) is 0 Å². The highest BCUT2D eigenvalue weighted by Gasteiger charge is 2.09. The molecule has 3 heteroatoms. The summed E-state index contributed by atoms with van der Waals surface area (Å²) in [5.41, 5.74) is 0. The van der Waals surface area contributed by atoms with Gasteiger partial charge in [0, 0.05) is 12.8 Å². The second-order valence-electron chi connectivity index (χ2n) is 5.17. The van der Waals surface area contributed by atoms with E-state index >= 15 is 0 Å². The van der Waals surface area contributed by atoms with E-state index in [1.54, 1.807) is 0 Å². The van der Waals surface area contributed by atoms with Crippen LogP contribution in [0.2, 0.25) is 0 Å². The molecule has 0 atom stereocenters. The number of hydrogen-bond donors (Lipinski definition) is 0. The average Bonchev–Trinajstić information content (AvgIpc) is 2.39. The zero-order valence-electron chi connectivity index (χ0n) is 12.7. The third kappa shape index (κ3) is 13.4. The highest BCUT2D eigenvalue weighted by molar-refractivity contribution is 5.85. The lowest BCUT2D eigenvalue weighted by molar-refractivity contribution is -0.159. The molecule has 0 saturated heterocycles. The molecule has 112 valence electrons. The predicted octanol–water partition coefficient (Wildman–Crippen LogP) is 4.78. The van der Waals surface area contributed by atoms with Crippen LogP contribution in [0.4, 0.5) is 0 Å². The number of esters is 2. The Morgan fingerprint density at radius 2 is 1.00 bits per heavy atom. The van der Waals surface area contributed by atoms with Gasteiger partial charge in [0.15, 0.2) is 0 Å². The standard InChI is InChI=1S/C16H30O3/c1-3-5-7-9-10-12-14-16(18)19-15(17)13-11-8-6-4-2/h3-14H2,1-2H3. The van der Waals surface area contributed by atoms with Crippen LogP contribution in [0.3, 0.4) is 0 Å². The van der Waals surface area contributed by atoms with Gasteiger partial charge < -0.3 is 4.74 Å². The van der Waals surface area contributed by atoms with E-state index in [1.807, 2.05) is 0 Å². The van der Waals surface area contributed by atoms with Crippen molar-refractivity contribution < 1.29 is 14.3 Å². The summed E-state index contributed by atoms with van der Waals surface area (Å²) >= 11 is 0. The minimum atomic E-state index is -0.355. The Morgan fingerprint density at radius 1 is 0.632 bits per heavy atom. The Balaban J connectivity index is 3.39. The summed E-state index contributed by atoms with van der Waals surface area (Å²) in [6.07, 6.45) is 11.7. The molecule has 0 aromatic rings. The number of ether oxygens (including phenoxy) is 1. The third-order valence-electron chi connectivity index (χ3n) is 3.20. The van der Waals surface area contributed by atoms with Gasteiger partial charge in [-0.2, -0.15) is 0 Å². The predicted molar refractivity (Wildman–Crippen MR) is 77.9 cm³/mol. The lowest BCUT2D eigenvalue weighted by Crippen LogP contribution is -2.11. The van der Waals surface area contributed by atoms with E-state index < -0.39 is 0 Å². The SMILES string of the molecule is CCCCCCCCC(=O)OC(=O)CCCCCC. The highest BCUT2D eigenvalue weighted by Crippen LogP contribution is 2.08. The number of carbonyl (C=O) groups excluding carboxylic acids is 2. The molecule has 0 N–H and O–H groups in total. The molecular formula is C16H30O3. The number of rotatable bonds is 12. The molecule has 0 spiro atoms. The third-order valence-corrected chi connectivity index (χ3v) is 3.20. The number of unbranched alkanes of at least 4 members (excludes halogenated alkanes) is 8. The highest BCUT2D eigenvalue weighted by atomic mass is 16.6. The van der Waals surface area contributed by atoms with E-state index in [-0.39, 0.29) is 11.9 Å². The molecule has 0 aromatic carbocycles. The van der Waals surface area contributed by atoms with Gasteiger partial charge in [-0.3, -0.25) is 9.59 Å². The molecular weight excluding hydrogens is 240 g/mol. The van der Waals surface area contributed by atoms with Crippen molar-refractivity contribution in [1.29, 1.82) is 0 Å². The van der Waals surface area contributed by atoms with Crippen LogP contribution >= 0.6 is 0 Å². The molecule has 0 heterocycles. The molecule has 0 rings (SSSR count). The van der Waals surface area contributed by atoms with Gasteiger partial charge in [0.05, 0.1) is 0 Å². The van der Waals surface area contributed by atoms with Crippen LogP contribution in [0.15, 0.2) is 0 Å². The quantitative estimate of drug-likeness (QED) is 0.291. The van der Waals surface area contributed by atoms with Crippen LogP contribution in [0.5, 0.6) is 0 Å². The van der Waals surface area contributed by atoms with Crippen LogP contribution in [-0.4, -0.2) is 11.9 Å². The maximum atomic E-state index is 11.4. The molecule has 0 bridgehead atoms. The molecule has 19 heavy (non-hydrogen) atoms. The van der Waals surface area contributed by atoms with E-state index in [0.29, 0.717) is 12.8 Å². The molecule has 0 saturated carbocycles. The summed E-state index contributed by atoms with van der Waals surface area (Å²) in [4.78, 5) is 22.7. The maximum absolute atomic E-state index is 11.4. The second-order valence-corrected chi connectivity index (χ2v) is 5.17. The first-order valence-electron chi connectivity index (χ1n) is 7.94. The molecule has 0 aromatic heterocycles. The molecule has 0 aliphatic carbocycles. The minimum absolute atomic E-state index is 0.351. The Kier molecular flexibility index (Phi) is 13.0. The summed E-state index contributed by atoms with van der Waals surface area (Å²) < 4.78 is 4.78. The van der Waals surface area contributed by atoms with Gasteiger partial charge in [-0.15, -0.1) is 0 Å². The van der Waals surface area contributed by atoms with Crippen LogP contribution < -0.4 is 0 Å². The smallest absolute Gasteiger partial charge is 0.313 e. The van der Waals surface area contributed by atoms with Crippen molar-refractivity contribution in [1.82, 2.24) is 0 Å². The van der Waals surface area contributed by atoms with Gasteiger partial charge in [-0.05, 0) is 12.8 Å². The van der Waals surface area contributed by atoms with E-state index in [9.17, 15) is 9.59 Å². The fourth-order valence-corrected chi connectivity index (χ4v) is 1.97. The van der Waals surface area contributed by atoms with E-state index in [0.717, 1.165) is 38.5 Å². The zero-order chi connectivity index (χ0) is 14.3. The van der Waals surface area contributed by atoms with E-state index in [4.69, 9.17) is 4.74 Å². The first-order valence-corrected chi connectivity index (χ1v) is 7.94. The molecule has 0 radical (unpaired) electrons. The monoisotopic (exact) mass is 270 g/mol. The first-order chi connectivity index (χ1) is 9.20. The minimum Gasteiger partial charge on any atom is -0.393 e. The van der Waals surface area contributed by atoms with Gasteiger partial charge in [0.25, 0.3) is 0 Å². The number of carbonyl (C=O) groups is 2. The normalized spacial score (nSPS) is 10.4. The molecule has 3 nitrogen and oxygen atoms in total. The zero-order valence-corrected chi connectivity index (χ0v) is 12.7.